The first kappa shape index (κ1) is 12.9. The second-order valence-electron chi connectivity index (χ2n) is 3.56. The molecule has 0 aliphatic carbocycles. The predicted octanol–water partition coefficient (Wildman–Crippen LogP) is 4.40. The smallest absolute Gasteiger partial charge is 0.0712 e. The van der Waals surface area contributed by atoms with E-state index in [1.807, 2.05) is 18.2 Å². The van der Waals surface area contributed by atoms with Crippen molar-refractivity contribution in [2.75, 3.05) is 5.33 Å². The minimum atomic E-state index is 0.576. The minimum absolute atomic E-state index is 0.576. The lowest BCUT2D eigenvalue weighted by molar-refractivity contribution is 1.33. The molecule has 0 aromatic heterocycles. The molecule has 0 N–H and O–H groups in total. The predicted molar refractivity (Wildman–Crippen MR) is 73.1 cm³/mol. The molecule has 3 heteroatoms. The number of benzene rings is 1. The lowest BCUT2D eigenvalue weighted by Gasteiger charge is -2.12. The van der Waals surface area contributed by atoms with Crippen LogP contribution in [0.25, 0.3) is 5.57 Å². The van der Waals surface area contributed by atoms with Gasteiger partial charge < -0.3 is 0 Å². The second kappa shape index (κ2) is 5.76. The lowest BCUT2D eigenvalue weighted by Crippen LogP contribution is -1.94. The molecule has 0 heterocycles. The van der Waals surface area contributed by atoms with Crippen molar-refractivity contribution in [3.05, 3.63) is 39.9 Å². The molecule has 0 unspecified atom stereocenters. The maximum atomic E-state index is 6.00. The molecule has 0 bridgehead atoms. The molecule has 0 spiro atoms. The van der Waals surface area contributed by atoms with Gasteiger partial charge in [0.1, 0.15) is 0 Å². The molecule has 1 rings (SSSR count). The fourth-order valence-corrected chi connectivity index (χ4v) is 2.41. The van der Waals surface area contributed by atoms with E-state index < -0.39 is 0 Å². The van der Waals surface area contributed by atoms with Crippen LogP contribution in [0.4, 0.5) is 0 Å². The van der Waals surface area contributed by atoms with Crippen LogP contribution >= 0.6 is 27.5 Å². The molecule has 1 aromatic carbocycles. The van der Waals surface area contributed by atoms with Gasteiger partial charge in [-0.05, 0) is 42.7 Å². The van der Waals surface area contributed by atoms with Crippen molar-refractivity contribution in [3.63, 3.8) is 0 Å². The first-order valence-corrected chi connectivity index (χ1v) is 6.31. The summed E-state index contributed by atoms with van der Waals surface area (Å²) in [6.45, 7) is 4.13. The number of alkyl halides is 1. The van der Waals surface area contributed by atoms with E-state index in [4.69, 9.17) is 19.4 Å². The third kappa shape index (κ3) is 3.12. The van der Waals surface area contributed by atoms with Gasteiger partial charge >= 0.3 is 0 Å². The van der Waals surface area contributed by atoms with E-state index in [1.165, 1.54) is 22.3 Å². The summed E-state index contributed by atoms with van der Waals surface area (Å²) in [6, 6.07) is 5.93. The van der Waals surface area contributed by atoms with E-state index in [1.54, 1.807) is 0 Å². The molecule has 0 fully saturated rings. The third-order valence-electron chi connectivity index (χ3n) is 2.48. The third-order valence-corrected chi connectivity index (χ3v) is 3.28. The van der Waals surface area contributed by atoms with Crippen molar-refractivity contribution in [2.45, 2.75) is 20.2 Å². The summed E-state index contributed by atoms with van der Waals surface area (Å²) in [7, 11) is 5.66. The number of halogens is 2. The number of hydrogen-bond donors (Lipinski definition) is 0. The Kier molecular flexibility index (Phi) is 4.94. The maximum absolute atomic E-state index is 6.00. The summed E-state index contributed by atoms with van der Waals surface area (Å²) in [4.78, 5) is 0. The molecule has 1 aromatic rings. The van der Waals surface area contributed by atoms with E-state index in [-0.39, 0.29) is 0 Å². The average Bonchev–Trinajstić information content (AvgIpc) is 2.23. The van der Waals surface area contributed by atoms with Gasteiger partial charge in [0.05, 0.1) is 7.85 Å². The van der Waals surface area contributed by atoms with Gasteiger partial charge in [-0.1, -0.05) is 45.5 Å². The highest BCUT2D eigenvalue weighted by Crippen LogP contribution is 2.27. The molecule has 0 saturated carbocycles. The van der Waals surface area contributed by atoms with Gasteiger partial charge in [0.2, 0.25) is 0 Å². The van der Waals surface area contributed by atoms with Crippen LogP contribution in [-0.2, 0) is 0 Å². The van der Waals surface area contributed by atoms with Crippen molar-refractivity contribution in [2.24, 2.45) is 0 Å². The van der Waals surface area contributed by atoms with E-state index >= 15 is 0 Å². The van der Waals surface area contributed by atoms with Crippen LogP contribution in [0.3, 0.4) is 0 Å². The van der Waals surface area contributed by atoms with Gasteiger partial charge in [0.25, 0.3) is 0 Å². The first-order chi connectivity index (χ1) is 7.10. The zero-order valence-electron chi connectivity index (χ0n) is 8.98. The second-order valence-corrected chi connectivity index (χ2v) is 4.55. The number of rotatable bonds is 3. The molecule has 0 atom stereocenters. The summed E-state index contributed by atoms with van der Waals surface area (Å²) in [6.07, 6.45) is 0.576. The molecule has 0 aliphatic rings. The Labute approximate surface area is 106 Å². The maximum Gasteiger partial charge on any atom is 0.0712 e. The highest BCUT2D eigenvalue weighted by Gasteiger charge is 2.07. The number of hydrogen-bond acceptors (Lipinski definition) is 0. The Balaban J connectivity index is 3.30. The summed E-state index contributed by atoms with van der Waals surface area (Å²) >= 11 is 9.49. The summed E-state index contributed by atoms with van der Waals surface area (Å²) in [5.74, 6) is 0. The van der Waals surface area contributed by atoms with Crippen molar-refractivity contribution < 1.29 is 0 Å². The summed E-state index contributed by atoms with van der Waals surface area (Å²) < 4.78 is 0. The molecule has 0 nitrogen and oxygen atoms in total. The number of allylic oxidation sites excluding steroid dienone is 2. The van der Waals surface area contributed by atoms with Crippen molar-refractivity contribution in [1.82, 2.24) is 0 Å². The fraction of sp³-hybridized carbons (Fsp3) is 0.333. The number of aryl methyl sites for hydroxylation is 1. The topological polar surface area (TPSA) is 0 Å². The Hall–Kier alpha value is -0.205. The normalized spacial score (nSPS) is 12.5. The van der Waals surface area contributed by atoms with E-state index in [2.05, 4.69) is 29.8 Å². The highest BCUT2D eigenvalue weighted by atomic mass is 79.9. The van der Waals surface area contributed by atoms with Gasteiger partial charge in [-0.15, -0.1) is 0 Å². The van der Waals surface area contributed by atoms with Crippen LogP contribution in [0.5, 0.6) is 0 Å². The molecule has 0 saturated heterocycles. The van der Waals surface area contributed by atoms with Gasteiger partial charge in [0.15, 0.2) is 0 Å². The SMILES string of the molecule is [B]C/C(C)=C(\CBr)c1cc(Cl)ccc1C. The van der Waals surface area contributed by atoms with Crippen molar-refractivity contribution in [1.29, 1.82) is 0 Å². The molecular formula is C12H13BBrCl. The van der Waals surface area contributed by atoms with Crippen molar-refractivity contribution >= 4 is 41.0 Å². The van der Waals surface area contributed by atoms with Gasteiger partial charge in [0, 0.05) is 10.4 Å². The average molecular weight is 283 g/mol. The van der Waals surface area contributed by atoms with Crippen LogP contribution < -0.4 is 0 Å². The molecule has 2 radical (unpaired) electrons. The first-order valence-electron chi connectivity index (χ1n) is 4.81. The van der Waals surface area contributed by atoms with E-state index in [9.17, 15) is 0 Å². The quantitative estimate of drug-likeness (QED) is 0.569. The Morgan fingerprint density at radius 3 is 2.67 bits per heavy atom. The van der Waals surface area contributed by atoms with Crippen LogP contribution in [0, 0.1) is 6.92 Å². The lowest BCUT2D eigenvalue weighted by atomic mass is 9.90. The van der Waals surface area contributed by atoms with E-state index in [0.29, 0.717) is 6.32 Å². The molecule has 0 aliphatic heterocycles. The zero-order valence-corrected chi connectivity index (χ0v) is 11.3. The highest BCUT2D eigenvalue weighted by molar-refractivity contribution is 9.09. The van der Waals surface area contributed by atoms with Crippen LogP contribution in [-0.4, -0.2) is 13.2 Å². The molecule has 0 amide bonds. The standard InChI is InChI=1S/C12H13BBrCl/c1-8-3-4-10(15)5-11(8)12(7-14)9(2)6-13/h3-5H,6-7H2,1-2H3/b12-9+. The monoisotopic (exact) mass is 282 g/mol. The fourth-order valence-electron chi connectivity index (χ4n) is 1.46. The summed E-state index contributed by atoms with van der Waals surface area (Å²) in [5, 5.41) is 1.57. The molecule has 78 valence electrons. The van der Waals surface area contributed by atoms with Gasteiger partial charge in [-0.25, -0.2) is 0 Å². The minimum Gasteiger partial charge on any atom is -0.0876 e. The van der Waals surface area contributed by atoms with Crippen LogP contribution in [0.2, 0.25) is 11.3 Å². The van der Waals surface area contributed by atoms with Crippen molar-refractivity contribution in [3.8, 4) is 0 Å². The molecular weight excluding hydrogens is 270 g/mol. The zero-order chi connectivity index (χ0) is 11.4. The largest absolute Gasteiger partial charge is 0.0876 e. The summed E-state index contributed by atoms with van der Waals surface area (Å²) in [5.41, 5.74) is 4.83. The Bertz CT molecular complexity index is 385. The van der Waals surface area contributed by atoms with Gasteiger partial charge in [-0.2, -0.15) is 0 Å². The van der Waals surface area contributed by atoms with E-state index in [0.717, 1.165) is 10.4 Å². The van der Waals surface area contributed by atoms with Crippen LogP contribution in [0.15, 0.2) is 23.8 Å². The Morgan fingerprint density at radius 2 is 2.13 bits per heavy atom. The van der Waals surface area contributed by atoms with Crippen LogP contribution in [0.1, 0.15) is 18.1 Å². The molecule has 15 heavy (non-hydrogen) atoms. The van der Waals surface area contributed by atoms with Gasteiger partial charge in [-0.3, -0.25) is 0 Å². The Morgan fingerprint density at radius 1 is 1.47 bits per heavy atom.